The van der Waals surface area contributed by atoms with Gasteiger partial charge >= 0.3 is 0 Å². The summed E-state index contributed by atoms with van der Waals surface area (Å²) in [5, 5.41) is 1.40. The summed E-state index contributed by atoms with van der Waals surface area (Å²) in [5.41, 5.74) is 4.45. The molecule has 0 saturated heterocycles. The molecule has 2 aromatic rings. The Morgan fingerprint density at radius 2 is 0.955 bits per heavy atom. The van der Waals surface area contributed by atoms with Gasteiger partial charge in [-0.05, 0) is 35.4 Å². The fraction of sp³-hybridized carbons (Fsp3) is 0.200. The lowest BCUT2D eigenvalue weighted by Crippen LogP contribution is -1.81. The summed E-state index contributed by atoms with van der Waals surface area (Å²) >= 11 is 6.59. The van der Waals surface area contributed by atoms with E-state index in [1.807, 2.05) is 38.1 Å². The van der Waals surface area contributed by atoms with Crippen LogP contribution in [-0.4, -0.2) is 10.7 Å². The van der Waals surface area contributed by atoms with E-state index in [-0.39, 0.29) is 0 Å². The Balaban J connectivity index is 0.00000116. The van der Waals surface area contributed by atoms with Crippen LogP contribution in [0.15, 0.2) is 48.5 Å². The van der Waals surface area contributed by atoms with Crippen LogP contribution in [0.5, 0.6) is 0 Å². The zero-order valence-electron chi connectivity index (χ0n) is 12.8. The third kappa shape index (κ3) is 6.10. The summed E-state index contributed by atoms with van der Waals surface area (Å²) in [6, 6.07) is 16.6. The molecule has 0 saturated carbocycles. The van der Waals surface area contributed by atoms with E-state index in [1.165, 1.54) is 11.1 Å². The molecule has 0 unspecified atom stereocenters. The second-order valence-corrected chi connectivity index (χ2v) is 5.15. The Kier molecular flexibility index (Phi) is 9.40. The topological polar surface area (TPSA) is 0 Å². The van der Waals surface area contributed by atoms with Crippen molar-refractivity contribution in [3.8, 4) is 34.8 Å². The van der Waals surface area contributed by atoms with Crippen LogP contribution < -0.4 is 0 Å². The molecule has 2 aromatic carbocycles. The first kappa shape index (κ1) is 18.6. The molecule has 0 aliphatic heterocycles. The molecule has 0 aromatic heterocycles. The van der Waals surface area contributed by atoms with Gasteiger partial charge in [-0.25, -0.2) is 0 Å². The summed E-state index contributed by atoms with van der Waals surface area (Å²) in [4.78, 5) is 0. The number of halogens is 2. The molecule has 112 valence electrons. The van der Waals surface area contributed by atoms with Gasteiger partial charge in [0.2, 0.25) is 0 Å². The Hall–Kier alpha value is -1.48. The average Bonchev–Trinajstić information content (AvgIpc) is 2.61. The first-order valence-electron chi connectivity index (χ1n) is 7.13. The highest BCUT2D eigenvalue weighted by Crippen LogP contribution is 2.20. The molecule has 0 aliphatic carbocycles. The van der Waals surface area contributed by atoms with Crippen LogP contribution in [-0.2, 0) is 0 Å². The van der Waals surface area contributed by atoms with E-state index in [0.717, 1.165) is 11.1 Å². The molecule has 22 heavy (non-hydrogen) atoms. The average molecular weight is 418 g/mol. The zero-order chi connectivity index (χ0) is 16.2. The fourth-order valence-corrected chi connectivity index (χ4v) is 2.04. The SMILES string of the molecule is BrCC#Cc1ccc(-c2ccc(C#CCBr)cc2)cc1.CC. The molecule has 0 nitrogen and oxygen atoms in total. The molecule has 2 heteroatoms. The monoisotopic (exact) mass is 416 g/mol. The summed E-state index contributed by atoms with van der Waals surface area (Å²) in [6.45, 7) is 4.00. The Morgan fingerprint density at radius 1 is 0.636 bits per heavy atom. The van der Waals surface area contributed by atoms with E-state index in [0.29, 0.717) is 10.7 Å². The van der Waals surface area contributed by atoms with Crippen molar-refractivity contribution >= 4 is 31.9 Å². The van der Waals surface area contributed by atoms with Crippen molar-refractivity contribution in [1.82, 2.24) is 0 Å². The fourth-order valence-electron chi connectivity index (χ4n) is 1.76. The number of hydrogen-bond donors (Lipinski definition) is 0. The van der Waals surface area contributed by atoms with Gasteiger partial charge in [0.15, 0.2) is 0 Å². The maximum absolute atomic E-state index is 3.30. The standard InChI is InChI=1S/C18H12Br2.C2H6/c19-13-1-3-15-5-9-17(10-6-15)18-11-7-16(8-12-18)4-2-14-20;1-2/h5-12H,13-14H2;1-2H3. The quantitative estimate of drug-likeness (QED) is 0.401. The molecule has 0 heterocycles. The molecule has 0 fully saturated rings. The Morgan fingerprint density at radius 3 is 1.23 bits per heavy atom. The van der Waals surface area contributed by atoms with Gasteiger partial charge in [-0.1, -0.05) is 93.7 Å². The highest BCUT2D eigenvalue weighted by atomic mass is 79.9. The van der Waals surface area contributed by atoms with E-state index < -0.39 is 0 Å². The first-order chi connectivity index (χ1) is 10.8. The van der Waals surface area contributed by atoms with Gasteiger partial charge in [-0.15, -0.1) is 0 Å². The van der Waals surface area contributed by atoms with Crippen molar-refractivity contribution in [3.63, 3.8) is 0 Å². The summed E-state index contributed by atoms with van der Waals surface area (Å²) < 4.78 is 0. The van der Waals surface area contributed by atoms with E-state index >= 15 is 0 Å². The normalized spacial score (nSPS) is 8.55. The molecule has 0 bridgehead atoms. The van der Waals surface area contributed by atoms with E-state index in [1.54, 1.807) is 0 Å². The first-order valence-corrected chi connectivity index (χ1v) is 9.38. The highest BCUT2D eigenvalue weighted by Gasteiger charge is 1.97. The second kappa shape index (κ2) is 11.1. The lowest BCUT2D eigenvalue weighted by Gasteiger charge is -2.02. The minimum absolute atomic E-state index is 0.700. The van der Waals surface area contributed by atoms with Crippen LogP contribution in [0.3, 0.4) is 0 Å². The predicted molar refractivity (Wildman–Crippen MR) is 105 cm³/mol. The maximum Gasteiger partial charge on any atom is 0.0649 e. The molecular formula is C20H18Br2. The number of hydrogen-bond acceptors (Lipinski definition) is 0. The van der Waals surface area contributed by atoms with Crippen molar-refractivity contribution in [2.24, 2.45) is 0 Å². The summed E-state index contributed by atoms with van der Waals surface area (Å²) in [5.74, 6) is 12.2. The van der Waals surface area contributed by atoms with Gasteiger partial charge in [0.1, 0.15) is 0 Å². The van der Waals surface area contributed by atoms with Crippen LogP contribution in [0.4, 0.5) is 0 Å². The van der Waals surface area contributed by atoms with Crippen LogP contribution in [0, 0.1) is 23.7 Å². The summed E-state index contributed by atoms with van der Waals surface area (Å²) in [6.07, 6.45) is 0. The highest BCUT2D eigenvalue weighted by molar-refractivity contribution is 9.09. The molecule has 0 atom stereocenters. The minimum atomic E-state index is 0.700. The van der Waals surface area contributed by atoms with Gasteiger partial charge in [0.05, 0.1) is 10.7 Å². The maximum atomic E-state index is 3.30. The smallest absolute Gasteiger partial charge is 0.0649 e. The van der Waals surface area contributed by atoms with Crippen LogP contribution in [0.25, 0.3) is 11.1 Å². The van der Waals surface area contributed by atoms with E-state index in [9.17, 15) is 0 Å². The van der Waals surface area contributed by atoms with Gasteiger partial charge in [0.25, 0.3) is 0 Å². The molecule has 0 radical (unpaired) electrons. The number of benzene rings is 2. The lowest BCUT2D eigenvalue weighted by molar-refractivity contribution is 1.50. The molecule has 0 N–H and O–H groups in total. The minimum Gasteiger partial charge on any atom is -0.0863 e. The molecule has 0 aliphatic rings. The second-order valence-electron chi connectivity index (χ2n) is 4.03. The number of alkyl halides is 2. The Labute approximate surface area is 150 Å². The van der Waals surface area contributed by atoms with Gasteiger partial charge < -0.3 is 0 Å². The number of rotatable bonds is 1. The van der Waals surface area contributed by atoms with Crippen molar-refractivity contribution in [3.05, 3.63) is 59.7 Å². The van der Waals surface area contributed by atoms with Crippen LogP contribution in [0.1, 0.15) is 25.0 Å². The third-order valence-corrected chi connectivity index (χ3v) is 3.26. The molecule has 0 amide bonds. The van der Waals surface area contributed by atoms with E-state index in [4.69, 9.17) is 0 Å². The van der Waals surface area contributed by atoms with Gasteiger partial charge in [0, 0.05) is 11.1 Å². The molecule has 0 spiro atoms. The van der Waals surface area contributed by atoms with Crippen molar-refractivity contribution in [2.75, 3.05) is 10.7 Å². The van der Waals surface area contributed by atoms with Crippen LogP contribution in [0.2, 0.25) is 0 Å². The molecule has 2 rings (SSSR count). The van der Waals surface area contributed by atoms with Crippen molar-refractivity contribution in [1.29, 1.82) is 0 Å². The van der Waals surface area contributed by atoms with Crippen molar-refractivity contribution in [2.45, 2.75) is 13.8 Å². The van der Waals surface area contributed by atoms with Crippen LogP contribution >= 0.6 is 31.9 Å². The van der Waals surface area contributed by atoms with Gasteiger partial charge in [-0.3, -0.25) is 0 Å². The Bertz CT molecular complexity index is 611. The van der Waals surface area contributed by atoms with Gasteiger partial charge in [-0.2, -0.15) is 0 Å². The largest absolute Gasteiger partial charge is 0.0863 e. The van der Waals surface area contributed by atoms with Crippen molar-refractivity contribution < 1.29 is 0 Å². The molecular weight excluding hydrogens is 400 g/mol. The third-order valence-electron chi connectivity index (χ3n) is 2.70. The summed E-state index contributed by atoms with van der Waals surface area (Å²) in [7, 11) is 0. The van der Waals surface area contributed by atoms with E-state index in [2.05, 4.69) is 79.8 Å². The zero-order valence-corrected chi connectivity index (χ0v) is 16.0. The lowest BCUT2D eigenvalue weighted by atomic mass is 10.0. The predicted octanol–water partition coefficient (Wildman–Crippen LogP) is 5.87.